The Morgan fingerprint density at radius 1 is 1.32 bits per heavy atom. The highest BCUT2D eigenvalue weighted by molar-refractivity contribution is 6.42. The number of hydrogen-bond acceptors (Lipinski definition) is 2. The van der Waals surface area contributed by atoms with E-state index in [4.69, 9.17) is 28.3 Å². The normalized spacial score (nSPS) is 12.0. The summed E-state index contributed by atoms with van der Waals surface area (Å²) in [5, 5.41) is 9.46. The third-order valence-corrected chi connectivity index (χ3v) is 3.51. The Bertz CT molecular complexity index is 491. The SMILES string of the molecule is CCN(C(=O)c1ccc(Cl)c(Cl)c1)C(C)CC(=O)O. The van der Waals surface area contributed by atoms with Crippen molar-refractivity contribution in [2.45, 2.75) is 26.3 Å². The van der Waals surface area contributed by atoms with E-state index >= 15 is 0 Å². The van der Waals surface area contributed by atoms with Gasteiger partial charge < -0.3 is 10.0 Å². The highest BCUT2D eigenvalue weighted by atomic mass is 35.5. The van der Waals surface area contributed by atoms with Crippen LogP contribution in [0.15, 0.2) is 18.2 Å². The molecular weight excluding hydrogens is 289 g/mol. The quantitative estimate of drug-likeness (QED) is 0.908. The van der Waals surface area contributed by atoms with E-state index in [9.17, 15) is 9.59 Å². The molecule has 0 aliphatic rings. The molecule has 1 unspecified atom stereocenters. The number of halogens is 2. The van der Waals surface area contributed by atoms with Crippen LogP contribution >= 0.6 is 23.2 Å². The molecule has 0 radical (unpaired) electrons. The van der Waals surface area contributed by atoms with Gasteiger partial charge in [-0.1, -0.05) is 23.2 Å². The minimum absolute atomic E-state index is 0.0963. The van der Waals surface area contributed by atoms with Gasteiger partial charge in [0.15, 0.2) is 0 Å². The van der Waals surface area contributed by atoms with E-state index in [-0.39, 0.29) is 18.4 Å². The number of carbonyl (C=O) groups is 2. The van der Waals surface area contributed by atoms with Crippen LogP contribution in [-0.2, 0) is 4.79 Å². The molecule has 0 spiro atoms. The van der Waals surface area contributed by atoms with Gasteiger partial charge in [0.1, 0.15) is 0 Å². The number of amides is 1. The molecular formula is C13H15Cl2NO3. The van der Waals surface area contributed by atoms with Crippen LogP contribution in [0.3, 0.4) is 0 Å². The monoisotopic (exact) mass is 303 g/mol. The summed E-state index contributed by atoms with van der Waals surface area (Å²) in [5.41, 5.74) is 0.397. The van der Waals surface area contributed by atoms with Crippen LogP contribution in [0.2, 0.25) is 10.0 Å². The molecule has 1 N–H and O–H groups in total. The lowest BCUT2D eigenvalue weighted by Crippen LogP contribution is -2.39. The Hall–Kier alpha value is -1.26. The van der Waals surface area contributed by atoms with Crippen LogP contribution in [0, 0.1) is 0 Å². The van der Waals surface area contributed by atoms with E-state index in [0.29, 0.717) is 22.2 Å². The minimum atomic E-state index is -0.937. The van der Waals surface area contributed by atoms with Crippen LogP contribution in [0.1, 0.15) is 30.6 Å². The van der Waals surface area contributed by atoms with Crippen molar-refractivity contribution in [1.29, 1.82) is 0 Å². The second kappa shape index (κ2) is 6.78. The van der Waals surface area contributed by atoms with Crippen LogP contribution in [0.25, 0.3) is 0 Å². The van der Waals surface area contributed by atoms with Crippen molar-refractivity contribution >= 4 is 35.1 Å². The molecule has 0 saturated carbocycles. The lowest BCUT2D eigenvalue weighted by atomic mass is 10.1. The number of nitrogens with zero attached hydrogens (tertiary/aromatic N) is 1. The highest BCUT2D eigenvalue weighted by Crippen LogP contribution is 2.23. The van der Waals surface area contributed by atoms with E-state index < -0.39 is 5.97 Å². The first kappa shape index (κ1) is 15.8. The summed E-state index contributed by atoms with van der Waals surface area (Å²) in [6, 6.07) is 4.23. The van der Waals surface area contributed by atoms with Gasteiger partial charge in [-0.25, -0.2) is 0 Å². The standard InChI is InChI=1S/C13H15Cl2NO3/c1-3-16(8(2)6-12(17)18)13(19)9-4-5-10(14)11(15)7-9/h4-5,7-8H,3,6H2,1-2H3,(H,17,18). The zero-order valence-electron chi connectivity index (χ0n) is 10.7. The maximum atomic E-state index is 12.3. The topological polar surface area (TPSA) is 57.6 Å². The molecule has 0 heterocycles. The van der Waals surface area contributed by atoms with Gasteiger partial charge in [0.05, 0.1) is 16.5 Å². The highest BCUT2D eigenvalue weighted by Gasteiger charge is 2.22. The maximum absolute atomic E-state index is 12.3. The number of benzene rings is 1. The van der Waals surface area contributed by atoms with Crippen molar-refractivity contribution in [2.24, 2.45) is 0 Å². The van der Waals surface area contributed by atoms with Crippen molar-refractivity contribution in [2.75, 3.05) is 6.54 Å². The Morgan fingerprint density at radius 2 is 1.95 bits per heavy atom. The predicted octanol–water partition coefficient (Wildman–Crippen LogP) is 3.32. The molecule has 0 aliphatic carbocycles. The van der Waals surface area contributed by atoms with E-state index in [1.165, 1.54) is 11.0 Å². The fourth-order valence-electron chi connectivity index (χ4n) is 1.81. The first-order chi connectivity index (χ1) is 8.86. The summed E-state index contributed by atoms with van der Waals surface area (Å²) in [6.45, 7) is 3.92. The largest absolute Gasteiger partial charge is 0.481 e. The van der Waals surface area contributed by atoms with Crippen LogP contribution in [-0.4, -0.2) is 34.5 Å². The Labute approximate surface area is 121 Å². The molecule has 0 aromatic heterocycles. The van der Waals surface area contributed by atoms with Gasteiger partial charge >= 0.3 is 5.97 Å². The second-order valence-corrected chi connectivity index (χ2v) is 4.98. The summed E-state index contributed by atoms with van der Waals surface area (Å²) >= 11 is 11.7. The minimum Gasteiger partial charge on any atom is -0.481 e. The van der Waals surface area contributed by atoms with Gasteiger partial charge in [-0.15, -0.1) is 0 Å². The molecule has 4 nitrogen and oxygen atoms in total. The fourth-order valence-corrected chi connectivity index (χ4v) is 2.11. The predicted molar refractivity (Wildman–Crippen MR) is 74.9 cm³/mol. The summed E-state index contributed by atoms with van der Waals surface area (Å²) in [7, 11) is 0. The number of rotatable bonds is 5. The average Bonchev–Trinajstić information content (AvgIpc) is 2.32. The molecule has 1 atom stereocenters. The van der Waals surface area contributed by atoms with Crippen molar-refractivity contribution in [3.63, 3.8) is 0 Å². The van der Waals surface area contributed by atoms with Gasteiger partial charge in [0, 0.05) is 18.2 Å². The van der Waals surface area contributed by atoms with E-state index in [1.54, 1.807) is 26.0 Å². The second-order valence-electron chi connectivity index (χ2n) is 4.17. The zero-order valence-corrected chi connectivity index (χ0v) is 12.2. The molecule has 19 heavy (non-hydrogen) atoms. The first-order valence-electron chi connectivity index (χ1n) is 5.84. The molecule has 1 amide bonds. The molecule has 6 heteroatoms. The van der Waals surface area contributed by atoms with Crippen molar-refractivity contribution in [3.8, 4) is 0 Å². The lowest BCUT2D eigenvalue weighted by Gasteiger charge is -2.27. The van der Waals surface area contributed by atoms with Gasteiger partial charge in [0.25, 0.3) is 5.91 Å². The fraction of sp³-hybridized carbons (Fsp3) is 0.385. The number of carboxylic acids is 1. The van der Waals surface area contributed by atoms with Crippen molar-refractivity contribution in [1.82, 2.24) is 4.90 Å². The summed E-state index contributed by atoms with van der Waals surface area (Å²) in [4.78, 5) is 24.5. The van der Waals surface area contributed by atoms with Crippen molar-refractivity contribution < 1.29 is 14.7 Å². The third kappa shape index (κ3) is 4.11. The molecule has 0 saturated heterocycles. The Kier molecular flexibility index (Phi) is 5.63. The molecule has 1 aromatic carbocycles. The first-order valence-corrected chi connectivity index (χ1v) is 6.60. The zero-order chi connectivity index (χ0) is 14.6. The summed E-state index contributed by atoms with van der Waals surface area (Å²) < 4.78 is 0. The van der Waals surface area contributed by atoms with Gasteiger partial charge in [-0.3, -0.25) is 9.59 Å². The van der Waals surface area contributed by atoms with E-state index in [1.807, 2.05) is 0 Å². The Balaban J connectivity index is 2.94. The third-order valence-electron chi connectivity index (χ3n) is 2.77. The van der Waals surface area contributed by atoms with Crippen LogP contribution in [0.5, 0.6) is 0 Å². The van der Waals surface area contributed by atoms with Crippen LogP contribution in [0.4, 0.5) is 0 Å². The summed E-state index contributed by atoms with van der Waals surface area (Å²) in [6.07, 6.45) is -0.0963. The smallest absolute Gasteiger partial charge is 0.305 e. The van der Waals surface area contributed by atoms with Gasteiger partial charge in [-0.2, -0.15) is 0 Å². The number of carbonyl (C=O) groups excluding carboxylic acids is 1. The van der Waals surface area contributed by atoms with E-state index in [2.05, 4.69) is 0 Å². The van der Waals surface area contributed by atoms with Crippen molar-refractivity contribution in [3.05, 3.63) is 33.8 Å². The summed E-state index contributed by atoms with van der Waals surface area (Å²) in [5.74, 6) is -1.19. The lowest BCUT2D eigenvalue weighted by molar-refractivity contribution is -0.138. The number of carboxylic acid groups (broad SMARTS) is 1. The number of hydrogen-bond donors (Lipinski definition) is 1. The molecule has 0 bridgehead atoms. The molecule has 104 valence electrons. The molecule has 0 aliphatic heterocycles. The molecule has 1 rings (SSSR count). The average molecular weight is 304 g/mol. The van der Waals surface area contributed by atoms with Gasteiger partial charge in [0.2, 0.25) is 0 Å². The van der Waals surface area contributed by atoms with E-state index in [0.717, 1.165) is 0 Å². The molecule has 0 fully saturated rings. The Morgan fingerprint density at radius 3 is 2.42 bits per heavy atom. The number of aliphatic carboxylic acids is 1. The van der Waals surface area contributed by atoms with Gasteiger partial charge in [-0.05, 0) is 32.0 Å². The molecule has 1 aromatic rings. The maximum Gasteiger partial charge on any atom is 0.305 e. The van der Waals surface area contributed by atoms with Crippen LogP contribution < -0.4 is 0 Å².